The van der Waals surface area contributed by atoms with Gasteiger partial charge in [-0.25, -0.2) is 0 Å². The molecule has 190 valence electrons. The largest absolute Gasteiger partial charge is 0.543 e. The van der Waals surface area contributed by atoms with Gasteiger partial charge in [0.15, 0.2) is 0 Å². The van der Waals surface area contributed by atoms with E-state index >= 15 is 0 Å². The summed E-state index contributed by atoms with van der Waals surface area (Å²) in [6.45, 7) is 25.0. The molecule has 0 heterocycles. The number of unbranched alkanes of at least 4 members (excludes halogenated alkanes) is 5. The zero-order valence-electron chi connectivity index (χ0n) is 23.8. The SMILES string of the molecule is CCCCCCCCC(C)OC(C=C(C)C)(c1ccccc1O[Si](C)(C)C(C)(C)C)C(C)C. The van der Waals surface area contributed by atoms with Crippen LogP contribution in [0.3, 0.4) is 0 Å². The molecule has 0 radical (unpaired) electrons. The molecule has 0 N–H and O–H groups in total. The number of benzene rings is 1. The van der Waals surface area contributed by atoms with Crippen LogP contribution < -0.4 is 4.43 Å². The van der Waals surface area contributed by atoms with E-state index in [1.807, 2.05) is 0 Å². The van der Waals surface area contributed by atoms with Crippen LogP contribution in [0.15, 0.2) is 35.9 Å². The molecule has 0 aromatic heterocycles. The van der Waals surface area contributed by atoms with E-state index in [1.165, 1.54) is 49.7 Å². The summed E-state index contributed by atoms with van der Waals surface area (Å²) in [6, 6.07) is 8.60. The lowest BCUT2D eigenvalue weighted by molar-refractivity contribution is -0.0922. The van der Waals surface area contributed by atoms with Crippen molar-refractivity contribution in [1.29, 1.82) is 0 Å². The first-order valence-electron chi connectivity index (χ1n) is 13.4. The van der Waals surface area contributed by atoms with Gasteiger partial charge in [-0.3, -0.25) is 0 Å². The van der Waals surface area contributed by atoms with E-state index in [0.29, 0.717) is 0 Å². The van der Waals surface area contributed by atoms with Gasteiger partial charge in [0.1, 0.15) is 11.4 Å². The Morgan fingerprint density at radius 2 is 1.52 bits per heavy atom. The maximum Gasteiger partial charge on any atom is 0.250 e. The Bertz CT molecular complexity index is 725. The number of allylic oxidation sites excluding steroid dienone is 1. The highest BCUT2D eigenvalue weighted by Gasteiger charge is 2.43. The Morgan fingerprint density at radius 3 is 2.06 bits per heavy atom. The van der Waals surface area contributed by atoms with Gasteiger partial charge in [0.05, 0.1) is 6.10 Å². The van der Waals surface area contributed by atoms with Gasteiger partial charge in [0.25, 0.3) is 0 Å². The second kappa shape index (κ2) is 13.1. The molecule has 0 aliphatic rings. The van der Waals surface area contributed by atoms with Crippen molar-refractivity contribution in [3.63, 3.8) is 0 Å². The monoisotopic (exact) mass is 474 g/mol. The van der Waals surface area contributed by atoms with E-state index in [9.17, 15) is 0 Å². The molecular formula is C30H54O2Si. The predicted molar refractivity (Wildman–Crippen MR) is 149 cm³/mol. The number of rotatable bonds is 14. The molecular weight excluding hydrogens is 420 g/mol. The first kappa shape index (κ1) is 30.0. The van der Waals surface area contributed by atoms with Crippen molar-refractivity contribution in [3.05, 3.63) is 41.5 Å². The molecule has 33 heavy (non-hydrogen) atoms. The molecule has 3 heteroatoms. The van der Waals surface area contributed by atoms with Gasteiger partial charge in [0.2, 0.25) is 8.32 Å². The van der Waals surface area contributed by atoms with Crippen LogP contribution in [-0.4, -0.2) is 14.4 Å². The third-order valence-electron chi connectivity index (χ3n) is 7.20. The van der Waals surface area contributed by atoms with Crippen molar-refractivity contribution < 1.29 is 9.16 Å². The van der Waals surface area contributed by atoms with Gasteiger partial charge in [0, 0.05) is 5.56 Å². The zero-order chi connectivity index (χ0) is 25.3. The van der Waals surface area contributed by atoms with Gasteiger partial charge < -0.3 is 9.16 Å². The Kier molecular flexibility index (Phi) is 11.9. The van der Waals surface area contributed by atoms with Gasteiger partial charge in [-0.15, -0.1) is 0 Å². The zero-order valence-corrected chi connectivity index (χ0v) is 24.8. The van der Waals surface area contributed by atoms with Crippen LogP contribution >= 0.6 is 0 Å². The van der Waals surface area contributed by atoms with Gasteiger partial charge in [-0.1, -0.05) is 104 Å². The minimum atomic E-state index is -1.98. The molecule has 1 rings (SSSR count). The molecule has 2 nitrogen and oxygen atoms in total. The quantitative estimate of drug-likeness (QED) is 0.152. The normalized spacial score (nSPS) is 15.3. The summed E-state index contributed by atoms with van der Waals surface area (Å²) in [5.41, 5.74) is 1.94. The van der Waals surface area contributed by atoms with E-state index in [4.69, 9.17) is 9.16 Å². The van der Waals surface area contributed by atoms with Crippen molar-refractivity contribution in [2.45, 2.75) is 137 Å². The second-order valence-corrected chi connectivity index (χ2v) is 16.7. The highest BCUT2D eigenvalue weighted by Crippen LogP contribution is 2.45. The van der Waals surface area contributed by atoms with Gasteiger partial charge >= 0.3 is 0 Å². The van der Waals surface area contributed by atoms with Crippen LogP contribution in [0.2, 0.25) is 18.1 Å². The minimum Gasteiger partial charge on any atom is -0.543 e. The molecule has 0 bridgehead atoms. The van der Waals surface area contributed by atoms with E-state index in [2.05, 4.69) is 106 Å². The molecule has 2 unspecified atom stereocenters. The number of hydrogen-bond donors (Lipinski definition) is 0. The van der Waals surface area contributed by atoms with Gasteiger partial charge in [-0.2, -0.15) is 0 Å². The van der Waals surface area contributed by atoms with E-state index < -0.39 is 13.9 Å². The van der Waals surface area contributed by atoms with Crippen LogP contribution in [0.1, 0.15) is 113 Å². The predicted octanol–water partition coefficient (Wildman–Crippen LogP) is 10.0. The van der Waals surface area contributed by atoms with E-state index in [0.717, 1.165) is 12.2 Å². The Labute approximate surface area is 207 Å². The number of ether oxygens (including phenoxy) is 1. The minimum absolute atomic E-state index is 0.142. The van der Waals surface area contributed by atoms with Crippen LogP contribution in [0.25, 0.3) is 0 Å². The molecule has 0 aliphatic heterocycles. The summed E-state index contributed by atoms with van der Waals surface area (Å²) in [4.78, 5) is 0. The van der Waals surface area contributed by atoms with Crippen LogP contribution in [0, 0.1) is 5.92 Å². The second-order valence-electron chi connectivity index (χ2n) is 12.0. The Morgan fingerprint density at radius 1 is 0.939 bits per heavy atom. The third kappa shape index (κ3) is 8.90. The van der Waals surface area contributed by atoms with Crippen molar-refractivity contribution in [1.82, 2.24) is 0 Å². The fourth-order valence-corrected chi connectivity index (χ4v) is 5.16. The summed E-state index contributed by atoms with van der Waals surface area (Å²) in [5, 5.41) is 0.142. The molecule has 0 saturated carbocycles. The highest BCUT2D eigenvalue weighted by molar-refractivity contribution is 6.74. The Balaban J connectivity index is 3.27. The summed E-state index contributed by atoms with van der Waals surface area (Å²) in [6.07, 6.45) is 11.5. The first-order chi connectivity index (χ1) is 15.3. The molecule has 0 spiro atoms. The summed E-state index contributed by atoms with van der Waals surface area (Å²) in [5.74, 6) is 1.27. The molecule has 0 amide bonds. The molecule has 1 aromatic rings. The molecule has 0 saturated heterocycles. The van der Waals surface area contributed by atoms with Crippen molar-refractivity contribution >= 4 is 8.32 Å². The van der Waals surface area contributed by atoms with Crippen LogP contribution in [0.4, 0.5) is 0 Å². The average Bonchev–Trinajstić information content (AvgIpc) is 2.68. The maximum atomic E-state index is 7.02. The molecule has 0 fully saturated rings. The lowest BCUT2D eigenvalue weighted by Crippen LogP contribution is -2.45. The average molecular weight is 475 g/mol. The number of para-hydroxylation sites is 1. The smallest absolute Gasteiger partial charge is 0.250 e. The fraction of sp³-hybridized carbons (Fsp3) is 0.733. The lowest BCUT2D eigenvalue weighted by atomic mass is 9.81. The van der Waals surface area contributed by atoms with Gasteiger partial charge in [-0.05, 0) is 63.4 Å². The third-order valence-corrected chi connectivity index (χ3v) is 11.5. The standard InChI is InChI=1S/C30H54O2Si/c1-12-13-14-15-16-17-20-26(6)31-30(25(4)5,23-24(2)3)27-21-18-19-22-28(27)32-33(10,11)29(7,8)9/h18-19,21-23,25-26H,12-17,20H2,1-11H3. The fourth-order valence-electron chi connectivity index (χ4n) is 4.13. The topological polar surface area (TPSA) is 18.5 Å². The summed E-state index contributed by atoms with van der Waals surface area (Å²) >= 11 is 0. The van der Waals surface area contributed by atoms with Crippen molar-refractivity contribution in [2.75, 3.05) is 0 Å². The van der Waals surface area contributed by atoms with Crippen LogP contribution in [-0.2, 0) is 10.3 Å². The Hall–Kier alpha value is -1.06. The van der Waals surface area contributed by atoms with E-state index in [1.54, 1.807) is 0 Å². The van der Waals surface area contributed by atoms with Crippen molar-refractivity contribution in [3.8, 4) is 5.75 Å². The number of hydrogen-bond acceptors (Lipinski definition) is 2. The highest BCUT2D eigenvalue weighted by atomic mass is 28.4. The molecule has 0 aliphatic carbocycles. The summed E-state index contributed by atoms with van der Waals surface area (Å²) < 4.78 is 13.9. The maximum absolute atomic E-state index is 7.02. The molecule has 1 aromatic carbocycles. The summed E-state index contributed by atoms with van der Waals surface area (Å²) in [7, 11) is -1.98. The van der Waals surface area contributed by atoms with Crippen molar-refractivity contribution in [2.24, 2.45) is 5.92 Å². The lowest BCUT2D eigenvalue weighted by Gasteiger charge is -2.42. The first-order valence-corrected chi connectivity index (χ1v) is 16.3. The molecule has 2 atom stereocenters. The van der Waals surface area contributed by atoms with E-state index in [-0.39, 0.29) is 17.1 Å². The van der Waals surface area contributed by atoms with Crippen LogP contribution in [0.5, 0.6) is 5.75 Å².